The molecule has 1 rings (SSSR count). The number of hydrogen-bond donors (Lipinski definition) is 1. The van der Waals surface area contributed by atoms with Gasteiger partial charge in [-0.2, -0.15) is 0 Å². The molecule has 0 saturated carbocycles. The molecule has 1 heterocycles. The Kier molecular flexibility index (Phi) is 4.05. The molecule has 1 saturated heterocycles. The molecule has 0 amide bonds. The largest absolute Gasteiger partial charge is 0.453 e. The smallest absolute Gasteiger partial charge is 0.303 e. The Balaban J connectivity index is 2.73. The molecule has 1 unspecified atom stereocenters. The Hall–Kier alpha value is -1.14. The van der Waals surface area contributed by atoms with Gasteiger partial charge in [0.1, 0.15) is 11.8 Å². The molecular formula is C9H15NO5. The van der Waals surface area contributed by atoms with E-state index in [1.54, 1.807) is 6.92 Å². The summed E-state index contributed by atoms with van der Waals surface area (Å²) in [6, 6.07) is 0. The number of rotatable bonds is 2. The van der Waals surface area contributed by atoms with Crippen molar-refractivity contribution < 1.29 is 24.2 Å². The zero-order chi connectivity index (χ0) is 11.4. The minimum atomic E-state index is -0.640. The van der Waals surface area contributed by atoms with Gasteiger partial charge < -0.3 is 19.4 Å². The van der Waals surface area contributed by atoms with Gasteiger partial charge in [-0.25, -0.2) is 0 Å². The van der Waals surface area contributed by atoms with Crippen molar-refractivity contribution in [3.63, 3.8) is 0 Å². The molecule has 0 aromatic rings. The van der Waals surface area contributed by atoms with Crippen LogP contribution in [0.4, 0.5) is 0 Å². The molecule has 0 aromatic carbocycles. The van der Waals surface area contributed by atoms with Crippen LogP contribution in [0.2, 0.25) is 0 Å². The van der Waals surface area contributed by atoms with Crippen molar-refractivity contribution in [2.75, 3.05) is 7.11 Å². The van der Waals surface area contributed by atoms with Gasteiger partial charge in [0.25, 0.3) is 0 Å². The Morgan fingerprint density at radius 3 is 2.80 bits per heavy atom. The lowest BCUT2D eigenvalue weighted by atomic mass is 10.0. The third-order valence-corrected chi connectivity index (χ3v) is 2.18. The van der Waals surface area contributed by atoms with Crippen LogP contribution in [0.25, 0.3) is 0 Å². The van der Waals surface area contributed by atoms with Gasteiger partial charge in [0.15, 0.2) is 12.4 Å². The van der Waals surface area contributed by atoms with Crippen LogP contribution in [0.15, 0.2) is 5.16 Å². The van der Waals surface area contributed by atoms with Crippen LogP contribution in [-0.2, 0) is 19.0 Å². The molecule has 6 nitrogen and oxygen atoms in total. The van der Waals surface area contributed by atoms with Crippen molar-refractivity contribution in [1.82, 2.24) is 0 Å². The highest BCUT2D eigenvalue weighted by molar-refractivity contribution is 5.91. The molecule has 6 heteroatoms. The summed E-state index contributed by atoms with van der Waals surface area (Å²) in [6.07, 6.45) is -1.20. The fourth-order valence-electron chi connectivity index (χ4n) is 1.50. The Labute approximate surface area is 87.8 Å². The number of methoxy groups -OCH3 is 1. The first-order chi connectivity index (χ1) is 7.08. The number of oxime groups is 1. The van der Waals surface area contributed by atoms with Crippen LogP contribution < -0.4 is 0 Å². The molecule has 3 atom stereocenters. The third-order valence-electron chi connectivity index (χ3n) is 2.18. The summed E-state index contributed by atoms with van der Waals surface area (Å²) in [5.74, 6) is -0.438. The average Bonchev–Trinajstić information content (AvgIpc) is 2.20. The van der Waals surface area contributed by atoms with Crippen LogP contribution in [0.1, 0.15) is 20.3 Å². The number of nitrogens with zero attached hydrogens (tertiary/aromatic N) is 1. The first-order valence-corrected chi connectivity index (χ1v) is 4.64. The van der Waals surface area contributed by atoms with Crippen molar-refractivity contribution in [3.05, 3.63) is 0 Å². The van der Waals surface area contributed by atoms with Crippen LogP contribution in [0.5, 0.6) is 0 Å². The number of esters is 1. The lowest BCUT2D eigenvalue weighted by Gasteiger charge is -2.33. The minimum Gasteiger partial charge on any atom is -0.453 e. The first kappa shape index (κ1) is 11.9. The van der Waals surface area contributed by atoms with Crippen LogP contribution in [0, 0.1) is 0 Å². The van der Waals surface area contributed by atoms with E-state index in [9.17, 15) is 4.79 Å². The second-order valence-electron chi connectivity index (χ2n) is 3.33. The summed E-state index contributed by atoms with van der Waals surface area (Å²) in [4.78, 5) is 10.8. The minimum absolute atomic E-state index is 0.287. The topological polar surface area (TPSA) is 77.4 Å². The highest BCUT2D eigenvalue weighted by Gasteiger charge is 2.36. The summed E-state index contributed by atoms with van der Waals surface area (Å²) >= 11 is 0. The molecule has 1 aliphatic heterocycles. The molecule has 0 radical (unpaired) electrons. The summed E-state index contributed by atoms with van der Waals surface area (Å²) in [6.45, 7) is 3.02. The SMILES string of the molecule is COC1C/C(=N\O)[C@H](OC(C)=O)[C@H](C)O1. The predicted octanol–water partition coefficient (Wildman–Crippen LogP) is 0.530. The van der Waals surface area contributed by atoms with Gasteiger partial charge in [-0.05, 0) is 6.92 Å². The second-order valence-corrected chi connectivity index (χ2v) is 3.33. The van der Waals surface area contributed by atoms with Crippen molar-refractivity contribution in [2.45, 2.75) is 38.8 Å². The third kappa shape index (κ3) is 2.90. The average molecular weight is 217 g/mol. The predicted molar refractivity (Wildman–Crippen MR) is 50.7 cm³/mol. The highest BCUT2D eigenvalue weighted by atomic mass is 16.7. The molecule has 0 spiro atoms. The molecule has 1 aliphatic rings. The monoisotopic (exact) mass is 217 g/mol. The van der Waals surface area contributed by atoms with Crippen molar-refractivity contribution in [3.8, 4) is 0 Å². The summed E-state index contributed by atoms with van der Waals surface area (Å²) in [5.41, 5.74) is 0.357. The number of carbonyl (C=O) groups excluding carboxylic acids is 1. The maximum absolute atomic E-state index is 10.8. The van der Waals surface area contributed by atoms with E-state index < -0.39 is 24.5 Å². The maximum atomic E-state index is 10.8. The second kappa shape index (κ2) is 5.09. The molecule has 15 heavy (non-hydrogen) atoms. The van der Waals surface area contributed by atoms with Gasteiger partial charge in [0.2, 0.25) is 0 Å². The molecular weight excluding hydrogens is 202 g/mol. The molecule has 86 valence electrons. The quantitative estimate of drug-likeness (QED) is 0.414. The first-order valence-electron chi connectivity index (χ1n) is 4.64. The fraction of sp³-hybridized carbons (Fsp3) is 0.778. The van der Waals surface area contributed by atoms with Crippen LogP contribution in [0.3, 0.4) is 0 Å². The van der Waals surface area contributed by atoms with Crippen molar-refractivity contribution in [1.29, 1.82) is 0 Å². The summed E-state index contributed by atoms with van der Waals surface area (Å²) in [7, 11) is 1.50. The molecule has 0 aliphatic carbocycles. The van der Waals surface area contributed by atoms with Crippen molar-refractivity contribution >= 4 is 11.7 Å². The van der Waals surface area contributed by atoms with E-state index in [1.807, 2.05) is 0 Å². The molecule has 1 N–H and O–H groups in total. The summed E-state index contributed by atoms with van der Waals surface area (Å²) < 4.78 is 15.4. The molecule has 1 fully saturated rings. The van der Waals surface area contributed by atoms with Gasteiger partial charge in [0.05, 0.1) is 0 Å². The molecule has 0 bridgehead atoms. The Morgan fingerprint density at radius 1 is 1.67 bits per heavy atom. The van der Waals surface area contributed by atoms with E-state index in [2.05, 4.69) is 5.16 Å². The number of hydrogen-bond acceptors (Lipinski definition) is 6. The van der Waals surface area contributed by atoms with Crippen LogP contribution >= 0.6 is 0 Å². The zero-order valence-corrected chi connectivity index (χ0v) is 8.97. The van der Waals surface area contributed by atoms with Gasteiger partial charge in [-0.1, -0.05) is 5.16 Å². The van der Waals surface area contributed by atoms with Crippen molar-refractivity contribution in [2.24, 2.45) is 5.16 Å². The van der Waals surface area contributed by atoms with E-state index in [4.69, 9.17) is 19.4 Å². The van der Waals surface area contributed by atoms with E-state index >= 15 is 0 Å². The van der Waals surface area contributed by atoms with Gasteiger partial charge in [-0.15, -0.1) is 0 Å². The van der Waals surface area contributed by atoms with Crippen LogP contribution in [-0.4, -0.2) is 42.5 Å². The van der Waals surface area contributed by atoms with E-state index in [-0.39, 0.29) is 6.42 Å². The lowest BCUT2D eigenvalue weighted by Crippen LogP contribution is -2.47. The highest BCUT2D eigenvalue weighted by Crippen LogP contribution is 2.20. The lowest BCUT2D eigenvalue weighted by molar-refractivity contribution is -0.188. The fourth-order valence-corrected chi connectivity index (χ4v) is 1.50. The van der Waals surface area contributed by atoms with E-state index in [0.717, 1.165) is 0 Å². The zero-order valence-electron chi connectivity index (χ0n) is 8.97. The Morgan fingerprint density at radius 2 is 2.33 bits per heavy atom. The van der Waals surface area contributed by atoms with Gasteiger partial charge in [-0.3, -0.25) is 4.79 Å². The normalized spacial score (nSPS) is 34.1. The summed E-state index contributed by atoms with van der Waals surface area (Å²) in [5, 5.41) is 11.9. The Bertz CT molecular complexity index is 265. The molecule has 0 aromatic heterocycles. The number of carbonyl (C=O) groups is 1. The standard InChI is InChI=1S/C9H15NO5/c1-5-9(15-6(2)11)7(10-12)4-8(13-3)14-5/h5,8-9,12H,4H2,1-3H3/b10-7+/t5-,8?,9+/m0/s1. The van der Waals surface area contributed by atoms with Gasteiger partial charge in [0, 0.05) is 20.5 Å². The number of ether oxygens (including phenoxy) is 3. The van der Waals surface area contributed by atoms with Gasteiger partial charge >= 0.3 is 5.97 Å². The maximum Gasteiger partial charge on any atom is 0.303 e. The van der Waals surface area contributed by atoms with E-state index in [1.165, 1.54) is 14.0 Å². The van der Waals surface area contributed by atoms with E-state index in [0.29, 0.717) is 5.71 Å².